The standard InChI is InChI=1S/C14H20N2O/c1-10-9-16-7-6-14(10)8-12(15)11-4-2-3-5-13(11)17-14/h2-5,10,12,16H,6-9,15H2,1H3/t10?,12-,14?/m1/s1. The maximum Gasteiger partial charge on any atom is 0.124 e. The average Bonchev–Trinajstić information content (AvgIpc) is 2.33. The van der Waals surface area contributed by atoms with E-state index in [-0.39, 0.29) is 11.6 Å². The van der Waals surface area contributed by atoms with Crippen LogP contribution in [0.1, 0.15) is 31.4 Å². The van der Waals surface area contributed by atoms with Crippen molar-refractivity contribution in [2.24, 2.45) is 11.7 Å². The summed E-state index contributed by atoms with van der Waals surface area (Å²) in [6.07, 6.45) is 1.99. The zero-order valence-corrected chi connectivity index (χ0v) is 10.3. The monoisotopic (exact) mass is 232 g/mol. The zero-order valence-electron chi connectivity index (χ0n) is 10.3. The van der Waals surface area contributed by atoms with Gasteiger partial charge in [-0.15, -0.1) is 0 Å². The molecule has 3 atom stereocenters. The van der Waals surface area contributed by atoms with Crippen LogP contribution in [-0.2, 0) is 0 Å². The molecular weight excluding hydrogens is 212 g/mol. The number of para-hydroxylation sites is 1. The summed E-state index contributed by atoms with van der Waals surface area (Å²) in [6.45, 7) is 4.31. The highest BCUT2D eigenvalue weighted by atomic mass is 16.5. The number of fused-ring (bicyclic) bond motifs is 1. The van der Waals surface area contributed by atoms with Crippen LogP contribution in [0.4, 0.5) is 0 Å². The third-order valence-electron chi connectivity index (χ3n) is 4.27. The minimum absolute atomic E-state index is 0.0565. The third-order valence-corrected chi connectivity index (χ3v) is 4.27. The van der Waals surface area contributed by atoms with Crippen LogP contribution in [0.15, 0.2) is 24.3 Å². The van der Waals surface area contributed by atoms with Gasteiger partial charge < -0.3 is 15.8 Å². The molecular formula is C14H20N2O. The molecule has 0 aliphatic carbocycles. The SMILES string of the molecule is CC1CNCCC12C[C@@H](N)c1ccccc1O2. The number of rotatable bonds is 0. The van der Waals surface area contributed by atoms with Gasteiger partial charge in [-0.2, -0.15) is 0 Å². The summed E-state index contributed by atoms with van der Waals surface area (Å²) in [5.74, 6) is 1.50. The van der Waals surface area contributed by atoms with Gasteiger partial charge in [0.05, 0.1) is 0 Å². The van der Waals surface area contributed by atoms with Gasteiger partial charge in [0, 0.05) is 30.5 Å². The molecule has 0 bridgehead atoms. The normalized spacial score (nSPS) is 36.4. The minimum Gasteiger partial charge on any atom is -0.486 e. The fourth-order valence-corrected chi connectivity index (χ4v) is 3.13. The van der Waals surface area contributed by atoms with E-state index in [0.717, 1.165) is 37.2 Å². The summed E-state index contributed by atoms with van der Waals surface area (Å²) in [6, 6.07) is 8.30. The van der Waals surface area contributed by atoms with Gasteiger partial charge in [-0.3, -0.25) is 0 Å². The Kier molecular flexibility index (Phi) is 2.60. The predicted molar refractivity (Wildman–Crippen MR) is 68.0 cm³/mol. The highest BCUT2D eigenvalue weighted by Gasteiger charge is 2.45. The molecule has 3 N–H and O–H groups in total. The van der Waals surface area contributed by atoms with Crippen LogP contribution in [-0.4, -0.2) is 18.7 Å². The molecule has 0 amide bonds. The van der Waals surface area contributed by atoms with E-state index in [4.69, 9.17) is 10.5 Å². The molecule has 0 radical (unpaired) electrons. The molecule has 0 aromatic heterocycles. The zero-order chi connectivity index (χ0) is 11.9. The highest BCUT2D eigenvalue weighted by molar-refractivity contribution is 5.39. The molecule has 17 heavy (non-hydrogen) atoms. The summed E-state index contributed by atoms with van der Waals surface area (Å²) < 4.78 is 6.32. The van der Waals surface area contributed by atoms with E-state index >= 15 is 0 Å². The van der Waals surface area contributed by atoms with Crippen molar-refractivity contribution in [3.63, 3.8) is 0 Å². The van der Waals surface area contributed by atoms with Crippen molar-refractivity contribution in [2.75, 3.05) is 13.1 Å². The first-order chi connectivity index (χ1) is 8.21. The Bertz CT molecular complexity index is 420. The Morgan fingerprint density at radius 1 is 1.41 bits per heavy atom. The van der Waals surface area contributed by atoms with E-state index in [2.05, 4.69) is 18.3 Å². The molecule has 92 valence electrons. The topological polar surface area (TPSA) is 47.3 Å². The van der Waals surface area contributed by atoms with Gasteiger partial charge >= 0.3 is 0 Å². The first-order valence-electron chi connectivity index (χ1n) is 6.45. The Morgan fingerprint density at radius 3 is 3.06 bits per heavy atom. The van der Waals surface area contributed by atoms with E-state index in [1.165, 1.54) is 0 Å². The lowest BCUT2D eigenvalue weighted by atomic mass is 9.75. The summed E-state index contributed by atoms with van der Waals surface area (Å²) in [4.78, 5) is 0. The molecule has 0 saturated carbocycles. The lowest BCUT2D eigenvalue weighted by Gasteiger charge is -2.47. The van der Waals surface area contributed by atoms with Gasteiger partial charge in [0.2, 0.25) is 0 Å². The number of ether oxygens (including phenoxy) is 1. The minimum atomic E-state index is -0.0565. The van der Waals surface area contributed by atoms with Gasteiger partial charge in [-0.1, -0.05) is 25.1 Å². The Morgan fingerprint density at radius 2 is 2.24 bits per heavy atom. The Hall–Kier alpha value is -1.06. The molecule has 1 fully saturated rings. The number of hydrogen-bond acceptors (Lipinski definition) is 3. The van der Waals surface area contributed by atoms with Crippen molar-refractivity contribution in [2.45, 2.75) is 31.4 Å². The summed E-state index contributed by atoms with van der Waals surface area (Å²) in [5.41, 5.74) is 7.41. The summed E-state index contributed by atoms with van der Waals surface area (Å²) in [7, 11) is 0. The van der Waals surface area contributed by atoms with E-state index < -0.39 is 0 Å². The van der Waals surface area contributed by atoms with Crippen LogP contribution in [0.2, 0.25) is 0 Å². The van der Waals surface area contributed by atoms with Crippen molar-refractivity contribution in [1.82, 2.24) is 5.32 Å². The van der Waals surface area contributed by atoms with Crippen molar-refractivity contribution >= 4 is 0 Å². The van der Waals surface area contributed by atoms with Crippen LogP contribution < -0.4 is 15.8 Å². The van der Waals surface area contributed by atoms with E-state index in [0.29, 0.717) is 5.92 Å². The Labute approximate surface area is 102 Å². The number of nitrogens with two attached hydrogens (primary N) is 1. The van der Waals surface area contributed by atoms with E-state index in [9.17, 15) is 0 Å². The largest absolute Gasteiger partial charge is 0.486 e. The molecule has 3 rings (SSSR count). The van der Waals surface area contributed by atoms with E-state index in [1.54, 1.807) is 0 Å². The predicted octanol–water partition coefficient (Wildman–Crippen LogP) is 1.84. The smallest absolute Gasteiger partial charge is 0.124 e. The fourth-order valence-electron chi connectivity index (χ4n) is 3.13. The maximum atomic E-state index is 6.32. The molecule has 2 aliphatic heterocycles. The lowest BCUT2D eigenvalue weighted by molar-refractivity contribution is -0.0335. The second-order valence-corrected chi connectivity index (χ2v) is 5.37. The van der Waals surface area contributed by atoms with Crippen LogP contribution >= 0.6 is 0 Å². The molecule has 1 saturated heterocycles. The van der Waals surface area contributed by atoms with Gasteiger partial charge in [-0.25, -0.2) is 0 Å². The third kappa shape index (κ3) is 1.74. The quantitative estimate of drug-likeness (QED) is 0.717. The first-order valence-corrected chi connectivity index (χ1v) is 6.45. The van der Waals surface area contributed by atoms with Crippen LogP contribution in [0, 0.1) is 5.92 Å². The molecule has 2 unspecified atom stereocenters. The molecule has 1 spiro atoms. The fraction of sp³-hybridized carbons (Fsp3) is 0.571. The molecule has 3 heteroatoms. The van der Waals surface area contributed by atoms with Crippen molar-refractivity contribution in [3.8, 4) is 5.75 Å². The molecule has 2 heterocycles. The molecule has 1 aromatic rings. The number of nitrogens with one attached hydrogen (secondary N) is 1. The van der Waals surface area contributed by atoms with Gasteiger partial charge in [-0.05, 0) is 19.0 Å². The molecule has 2 aliphatic rings. The van der Waals surface area contributed by atoms with Crippen LogP contribution in [0.3, 0.4) is 0 Å². The van der Waals surface area contributed by atoms with Gasteiger partial charge in [0.1, 0.15) is 11.4 Å². The summed E-state index contributed by atoms with van der Waals surface area (Å²) >= 11 is 0. The van der Waals surface area contributed by atoms with E-state index in [1.807, 2.05) is 18.2 Å². The van der Waals surface area contributed by atoms with Crippen molar-refractivity contribution < 1.29 is 4.74 Å². The second-order valence-electron chi connectivity index (χ2n) is 5.37. The number of benzene rings is 1. The van der Waals surface area contributed by atoms with Crippen molar-refractivity contribution in [3.05, 3.63) is 29.8 Å². The maximum absolute atomic E-state index is 6.32. The lowest BCUT2D eigenvalue weighted by Crippen LogP contribution is -2.55. The summed E-state index contributed by atoms with van der Waals surface area (Å²) in [5, 5.41) is 3.42. The van der Waals surface area contributed by atoms with Crippen LogP contribution in [0.25, 0.3) is 0 Å². The van der Waals surface area contributed by atoms with Gasteiger partial charge in [0.25, 0.3) is 0 Å². The first kappa shape index (κ1) is 11.1. The highest BCUT2D eigenvalue weighted by Crippen LogP contribution is 2.44. The number of hydrogen-bond donors (Lipinski definition) is 2. The molecule has 1 aromatic carbocycles. The van der Waals surface area contributed by atoms with Crippen molar-refractivity contribution in [1.29, 1.82) is 0 Å². The number of piperidine rings is 1. The van der Waals surface area contributed by atoms with Gasteiger partial charge in [0.15, 0.2) is 0 Å². The second kappa shape index (κ2) is 4.00. The van der Waals surface area contributed by atoms with Crippen LogP contribution in [0.5, 0.6) is 5.75 Å². The Balaban J connectivity index is 1.97. The molecule has 3 nitrogen and oxygen atoms in total. The average molecular weight is 232 g/mol.